The Morgan fingerprint density at radius 1 is 1.18 bits per heavy atom. The molecule has 3 nitrogen and oxygen atoms in total. The standard InChI is InChI=1S/C19H17NO2/c1-2-22-17-5-3-4-16(13-17)19(21)9-7-14-6-8-18-15(12-14)10-11-20-18/h3-13,20H,2H2,1H3/b9-7+. The van der Waals surface area contributed by atoms with Gasteiger partial charge in [-0.05, 0) is 54.3 Å². The smallest absolute Gasteiger partial charge is 0.185 e. The summed E-state index contributed by atoms with van der Waals surface area (Å²) in [6, 6.07) is 15.3. The van der Waals surface area contributed by atoms with Crippen LogP contribution in [0.1, 0.15) is 22.8 Å². The molecule has 3 rings (SSSR count). The molecule has 1 heterocycles. The van der Waals surface area contributed by atoms with Gasteiger partial charge in [0.25, 0.3) is 0 Å². The third kappa shape index (κ3) is 3.09. The van der Waals surface area contributed by atoms with Gasteiger partial charge in [-0.25, -0.2) is 0 Å². The van der Waals surface area contributed by atoms with E-state index in [1.807, 2.05) is 55.6 Å². The Hall–Kier alpha value is -2.81. The fraction of sp³-hybridized carbons (Fsp3) is 0.105. The van der Waals surface area contributed by atoms with Crippen LogP contribution in [0.25, 0.3) is 17.0 Å². The van der Waals surface area contributed by atoms with Crippen LogP contribution in [-0.4, -0.2) is 17.4 Å². The number of fused-ring (bicyclic) bond motifs is 1. The van der Waals surface area contributed by atoms with E-state index in [1.165, 1.54) is 0 Å². The Bertz CT molecular complexity index is 830. The van der Waals surface area contributed by atoms with Gasteiger partial charge in [0.1, 0.15) is 5.75 Å². The van der Waals surface area contributed by atoms with Crippen molar-refractivity contribution >= 4 is 22.8 Å². The van der Waals surface area contributed by atoms with Gasteiger partial charge < -0.3 is 9.72 Å². The van der Waals surface area contributed by atoms with Crippen molar-refractivity contribution < 1.29 is 9.53 Å². The average molecular weight is 291 g/mol. The summed E-state index contributed by atoms with van der Waals surface area (Å²) in [5.41, 5.74) is 2.72. The number of aromatic nitrogens is 1. The largest absolute Gasteiger partial charge is 0.494 e. The molecular weight excluding hydrogens is 274 g/mol. The average Bonchev–Trinajstić information content (AvgIpc) is 3.01. The summed E-state index contributed by atoms with van der Waals surface area (Å²) in [6.45, 7) is 2.51. The number of aromatic amines is 1. The molecular formula is C19H17NO2. The number of rotatable bonds is 5. The number of H-pyrrole nitrogens is 1. The van der Waals surface area contributed by atoms with Crippen molar-refractivity contribution in [3.05, 3.63) is 71.9 Å². The minimum Gasteiger partial charge on any atom is -0.494 e. The van der Waals surface area contributed by atoms with Crippen molar-refractivity contribution in [1.29, 1.82) is 0 Å². The number of allylic oxidation sites excluding steroid dienone is 1. The summed E-state index contributed by atoms with van der Waals surface area (Å²) < 4.78 is 5.42. The molecule has 0 fully saturated rings. The quantitative estimate of drug-likeness (QED) is 0.557. The zero-order chi connectivity index (χ0) is 15.4. The van der Waals surface area contributed by atoms with E-state index >= 15 is 0 Å². The van der Waals surface area contributed by atoms with Gasteiger partial charge in [-0.3, -0.25) is 4.79 Å². The van der Waals surface area contributed by atoms with E-state index in [-0.39, 0.29) is 5.78 Å². The highest BCUT2D eigenvalue weighted by Gasteiger charge is 2.03. The zero-order valence-corrected chi connectivity index (χ0v) is 12.4. The summed E-state index contributed by atoms with van der Waals surface area (Å²) in [7, 11) is 0. The molecule has 0 saturated heterocycles. The van der Waals surface area contributed by atoms with Gasteiger partial charge in [0.05, 0.1) is 6.61 Å². The van der Waals surface area contributed by atoms with Gasteiger partial charge in [-0.2, -0.15) is 0 Å². The highest BCUT2D eigenvalue weighted by molar-refractivity contribution is 6.07. The molecule has 0 aliphatic heterocycles. The topological polar surface area (TPSA) is 42.1 Å². The van der Waals surface area contributed by atoms with Gasteiger partial charge in [0, 0.05) is 17.3 Å². The minimum absolute atomic E-state index is 0.0317. The Morgan fingerprint density at radius 2 is 2.09 bits per heavy atom. The molecule has 2 aromatic carbocycles. The lowest BCUT2D eigenvalue weighted by Gasteiger charge is -2.03. The fourth-order valence-corrected chi connectivity index (χ4v) is 2.35. The van der Waals surface area contributed by atoms with Crippen molar-refractivity contribution in [2.24, 2.45) is 0 Å². The first kappa shape index (κ1) is 14.1. The maximum Gasteiger partial charge on any atom is 0.185 e. The normalized spacial score (nSPS) is 11.1. The predicted octanol–water partition coefficient (Wildman–Crippen LogP) is 4.46. The first-order chi connectivity index (χ1) is 10.8. The molecule has 0 aliphatic carbocycles. The van der Waals surface area contributed by atoms with Crippen molar-refractivity contribution in [2.45, 2.75) is 6.92 Å². The van der Waals surface area contributed by atoms with Crippen LogP contribution in [0.2, 0.25) is 0 Å². The van der Waals surface area contributed by atoms with Crippen molar-refractivity contribution in [3.8, 4) is 5.75 Å². The van der Waals surface area contributed by atoms with E-state index in [0.29, 0.717) is 12.2 Å². The molecule has 0 aliphatic rings. The van der Waals surface area contributed by atoms with E-state index in [9.17, 15) is 4.79 Å². The predicted molar refractivity (Wildman–Crippen MR) is 89.3 cm³/mol. The molecule has 22 heavy (non-hydrogen) atoms. The second kappa shape index (κ2) is 6.31. The number of hydrogen-bond acceptors (Lipinski definition) is 2. The van der Waals surface area contributed by atoms with Crippen LogP contribution in [0.5, 0.6) is 5.75 Å². The van der Waals surface area contributed by atoms with Crippen molar-refractivity contribution in [2.75, 3.05) is 6.61 Å². The van der Waals surface area contributed by atoms with Crippen LogP contribution in [0.15, 0.2) is 60.8 Å². The van der Waals surface area contributed by atoms with Crippen molar-refractivity contribution in [3.63, 3.8) is 0 Å². The molecule has 110 valence electrons. The maximum atomic E-state index is 12.2. The van der Waals surface area contributed by atoms with Crippen LogP contribution in [0, 0.1) is 0 Å². The van der Waals surface area contributed by atoms with E-state index in [2.05, 4.69) is 4.98 Å². The van der Waals surface area contributed by atoms with Gasteiger partial charge >= 0.3 is 0 Å². The third-order valence-corrected chi connectivity index (χ3v) is 3.43. The molecule has 0 bridgehead atoms. The molecule has 0 amide bonds. The van der Waals surface area contributed by atoms with Crippen molar-refractivity contribution in [1.82, 2.24) is 4.98 Å². The second-order valence-electron chi connectivity index (χ2n) is 4.98. The van der Waals surface area contributed by atoms with Crippen LogP contribution >= 0.6 is 0 Å². The molecule has 0 radical (unpaired) electrons. The van der Waals surface area contributed by atoms with E-state index in [0.717, 1.165) is 22.2 Å². The monoisotopic (exact) mass is 291 g/mol. The summed E-state index contributed by atoms with van der Waals surface area (Å²) in [6.07, 6.45) is 5.34. The fourth-order valence-electron chi connectivity index (χ4n) is 2.35. The number of nitrogens with one attached hydrogen (secondary N) is 1. The van der Waals surface area contributed by atoms with Crippen LogP contribution in [-0.2, 0) is 0 Å². The van der Waals surface area contributed by atoms with Crippen LogP contribution in [0.4, 0.5) is 0 Å². The number of benzene rings is 2. The van der Waals surface area contributed by atoms with Gasteiger partial charge in [-0.1, -0.05) is 24.3 Å². The summed E-state index contributed by atoms with van der Waals surface area (Å²) in [5.74, 6) is 0.686. The maximum absolute atomic E-state index is 12.2. The Morgan fingerprint density at radius 3 is 2.95 bits per heavy atom. The molecule has 1 aromatic heterocycles. The lowest BCUT2D eigenvalue weighted by Crippen LogP contribution is -1.96. The summed E-state index contributed by atoms with van der Waals surface area (Å²) in [5, 5.41) is 1.13. The lowest BCUT2D eigenvalue weighted by molar-refractivity contribution is 0.104. The van der Waals surface area contributed by atoms with Crippen LogP contribution in [0.3, 0.4) is 0 Å². The van der Waals surface area contributed by atoms with Gasteiger partial charge in [-0.15, -0.1) is 0 Å². The SMILES string of the molecule is CCOc1cccc(C(=O)/C=C/c2ccc3[nH]ccc3c2)c1. The second-order valence-corrected chi connectivity index (χ2v) is 4.98. The molecule has 0 spiro atoms. The Kier molecular flexibility index (Phi) is 4.05. The van der Waals surface area contributed by atoms with E-state index in [4.69, 9.17) is 4.74 Å². The summed E-state index contributed by atoms with van der Waals surface area (Å²) >= 11 is 0. The van der Waals surface area contributed by atoms with E-state index < -0.39 is 0 Å². The number of ether oxygens (including phenoxy) is 1. The zero-order valence-electron chi connectivity index (χ0n) is 12.4. The minimum atomic E-state index is -0.0317. The highest BCUT2D eigenvalue weighted by Crippen LogP contribution is 2.17. The van der Waals surface area contributed by atoms with Crippen LogP contribution < -0.4 is 4.74 Å². The lowest BCUT2D eigenvalue weighted by atomic mass is 10.1. The molecule has 1 N–H and O–H groups in total. The summed E-state index contributed by atoms with van der Waals surface area (Å²) in [4.78, 5) is 15.4. The molecule has 3 heteroatoms. The molecule has 3 aromatic rings. The number of carbonyl (C=O) groups is 1. The Balaban J connectivity index is 1.79. The number of ketones is 1. The first-order valence-corrected chi connectivity index (χ1v) is 7.28. The molecule has 0 unspecified atom stereocenters. The molecule has 0 saturated carbocycles. The van der Waals surface area contributed by atoms with Gasteiger partial charge in [0.15, 0.2) is 5.78 Å². The Labute approximate surface area is 129 Å². The van der Waals surface area contributed by atoms with E-state index in [1.54, 1.807) is 18.2 Å². The third-order valence-electron chi connectivity index (χ3n) is 3.43. The highest BCUT2D eigenvalue weighted by atomic mass is 16.5. The molecule has 0 atom stereocenters. The number of carbonyl (C=O) groups excluding carboxylic acids is 1. The number of hydrogen-bond donors (Lipinski definition) is 1. The van der Waals surface area contributed by atoms with Gasteiger partial charge in [0.2, 0.25) is 0 Å². The first-order valence-electron chi connectivity index (χ1n) is 7.28.